The molecule has 4 rings (SSSR count). The average molecular weight is 392 g/mol. The maximum atomic E-state index is 12.1. The maximum Gasteiger partial charge on any atom is 0.269 e. The number of piperazine rings is 1. The highest BCUT2D eigenvalue weighted by Gasteiger charge is 2.21. The van der Waals surface area contributed by atoms with Crippen LogP contribution < -0.4 is 16.2 Å². The molecule has 0 radical (unpaired) electrons. The van der Waals surface area contributed by atoms with Gasteiger partial charge in [-0.05, 0) is 36.2 Å². The van der Waals surface area contributed by atoms with Gasteiger partial charge in [-0.2, -0.15) is 0 Å². The van der Waals surface area contributed by atoms with Gasteiger partial charge in [-0.3, -0.25) is 19.5 Å². The fourth-order valence-corrected chi connectivity index (χ4v) is 3.76. The number of H-pyrrole nitrogens is 1. The predicted octanol–water partition coefficient (Wildman–Crippen LogP) is 1.30. The number of rotatable bonds is 5. The van der Waals surface area contributed by atoms with Crippen LogP contribution >= 0.6 is 0 Å². The Labute approximate surface area is 168 Å². The van der Waals surface area contributed by atoms with Crippen LogP contribution in [0.1, 0.15) is 28.5 Å². The first-order chi connectivity index (χ1) is 14.0. The second-order valence-electron chi connectivity index (χ2n) is 7.25. The van der Waals surface area contributed by atoms with Crippen molar-refractivity contribution in [2.24, 2.45) is 5.73 Å². The van der Waals surface area contributed by atoms with Crippen molar-refractivity contribution in [3.8, 4) is 0 Å². The largest absolute Gasteiger partial charge is 0.367 e. The minimum atomic E-state index is -0.509. The molecule has 29 heavy (non-hydrogen) atoms. The average Bonchev–Trinajstić information content (AvgIpc) is 2.73. The minimum absolute atomic E-state index is 0.0470. The number of carbonyl (C=O) groups excluding carboxylic acids is 1. The van der Waals surface area contributed by atoms with Crippen LogP contribution in [0.4, 0.5) is 5.69 Å². The SMILES string of the molecule is CCc1cc2ncc(CN3CCN(c4cccnc4C(N)=O)CC3)cc2[nH]c1=O. The highest BCUT2D eigenvalue weighted by atomic mass is 16.1. The molecule has 8 heteroatoms. The summed E-state index contributed by atoms with van der Waals surface area (Å²) in [5.74, 6) is -0.509. The number of nitrogens with two attached hydrogens (primary N) is 1. The Balaban J connectivity index is 1.45. The molecule has 4 heterocycles. The summed E-state index contributed by atoms with van der Waals surface area (Å²) in [5.41, 5.74) is 9.90. The monoisotopic (exact) mass is 392 g/mol. The molecule has 0 atom stereocenters. The van der Waals surface area contributed by atoms with Crippen LogP contribution in [0.25, 0.3) is 11.0 Å². The van der Waals surface area contributed by atoms with Crippen LogP contribution in [0.5, 0.6) is 0 Å². The van der Waals surface area contributed by atoms with E-state index in [1.165, 1.54) is 0 Å². The lowest BCUT2D eigenvalue weighted by atomic mass is 10.1. The number of nitrogens with one attached hydrogen (secondary N) is 1. The van der Waals surface area contributed by atoms with Crippen LogP contribution in [0.3, 0.4) is 0 Å². The third-order valence-electron chi connectivity index (χ3n) is 5.35. The molecule has 150 valence electrons. The van der Waals surface area contributed by atoms with Crippen molar-refractivity contribution in [2.75, 3.05) is 31.1 Å². The molecule has 1 saturated heterocycles. The predicted molar refractivity (Wildman–Crippen MR) is 112 cm³/mol. The minimum Gasteiger partial charge on any atom is -0.367 e. The molecule has 0 aliphatic carbocycles. The molecule has 0 unspecified atom stereocenters. The summed E-state index contributed by atoms with van der Waals surface area (Å²) < 4.78 is 0. The van der Waals surface area contributed by atoms with Gasteiger partial charge in [0.15, 0.2) is 5.69 Å². The molecular weight excluding hydrogens is 368 g/mol. The van der Waals surface area contributed by atoms with Crippen LogP contribution in [0.2, 0.25) is 0 Å². The zero-order valence-electron chi connectivity index (χ0n) is 16.4. The molecule has 3 aromatic rings. The van der Waals surface area contributed by atoms with Crippen molar-refractivity contribution in [1.82, 2.24) is 19.9 Å². The number of aryl methyl sites for hydroxylation is 1. The summed E-state index contributed by atoms with van der Waals surface area (Å²) in [6.07, 6.45) is 4.15. The van der Waals surface area contributed by atoms with Crippen molar-refractivity contribution in [3.63, 3.8) is 0 Å². The van der Waals surface area contributed by atoms with E-state index in [0.717, 1.165) is 60.6 Å². The molecule has 1 fully saturated rings. The standard InChI is InChI=1S/C21H24N6O2/c1-2-15-11-16-17(25-21(15)29)10-14(12-24-16)13-26-6-8-27(9-7-26)18-4-3-5-23-19(18)20(22)28/h3-5,10-12H,2,6-9,13H2,1H3,(H2,22,28)(H,25,29). The van der Waals surface area contributed by atoms with E-state index in [1.54, 1.807) is 6.20 Å². The number of amides is 1. The van der Waals surface area contributed by atoms with E-state index in [2.05, 4.69) is 24.8 Å². The molecule has 1 amide bonds. The van der Waals surface area contributed by atoms with Gasteiger partial charge in [0.2, 0.25) is 0 Å². The van der Waals surface area contributed by atoms with Crippen molar-refractivity contribution in [3.05, 3.63) is 63.8 Å². The normalized spacial score (nSPS) is 15.0. The van der Waals surface area contributed by atoms with Gasteiger partial charge in [-0.25, -0.2) is 4.98 Å². The molecule has 0 saturated carbocycles. The summed E-state index contributed by atoms with van der Waals surface area (Å²) in [7, 11) is 0. The molecule has 8 nitrogen and oxygen atoms in total. The van der Waals surface area contributed by atoms with Crippen LogP contribution in [-0.2, 0) is 13.0 Å². The number of primary amides is 1. The first-order valence-electron chi connectivity index (χ1n) is 9.78. The van der Waals surface area contributed by atoms with Gasteiger partial charge in [0.05, 0.1) is 16.7 Å². The number of pyridine rings is 3. The van der Waals surface area contributed by atoms with Crippen molar-refractivity contribution in [2.45, 2.75) is 19.9 Å². The fourth-order valence-electron chi connectivity index (χ4n) is 3.76. The van der Waals surface area contributed by atoms with Gasteiger partial charge >= 0.3 is 0 Å². The highest BCUT2D eigenvalue weighted by molar-refractivity contribution is 5.96. The van der Waals surface area contributed by atoms with Gasteiger partial charge in [-0.15, -0.1) is 0 Å². The second-order valence-corrected chi connectivity index (χ2v) is 7.25. The number of aromatic nitrogens is 3. The fraction of sp³-hybridized carbons (Fsp3) is 0.333. The molecule has 1 aliphatic heterocycles. The van der Waals surface area contributed by atoms with Gasteiger partial charge in [0.1, 0.15) is 0 Å². The summed E-state index contributed by atoms with van der Waals surface area (Å²) in [6, 6.07) is 7.57. The third-order valence-corrected chi connectivity index (χ3v) is 5.35. The van der Waals surface area contributed by atoms with Crippen molar-refractivity contribution in [1.29, 1.82) is 0 Å². The molecule has 0 spiro atoms. The zero-order chi connectivity index (χ0) is 20.4. The number of aromatic amines is 1. The van der Waals surface area contributed by atoms with E-state index >= 15 is 0 Å². The number of hydrogen-bond donors (Lipinski definition) is 2. The topological polar surface area (TPSA) is 108 Å². The number of fused-ring (bicyclic) bond motifs is 1. The van der Waals surface area contributed by atoms with Crippen molar-refractivity contribution >= 4 is 22.6 Å². The lowest BCUT2D eigenvalue weighted by Crippen LogP contribution is -2.46. The van der Waals surface area contributed by atoms with Gasteiger partial charge in [-0.1, -0.05) is 6.92 Å². The highest BCUT2D eigenvalue weighted by Crippen LogP contribution is 2.20. The molecule has 3 N–H and O–H groups in total. The molecular formula is C21H24N6O2. The van der Waals surface area contributed by atoms with E-state index in [4.69, 9.17) is 5.73 Å². The Kier molecular flexibility index (Phi) is 5.26. The number of nitrogens with zero attached hydrogens (tertiary/aromatic N) is 4. The molecule has 1 aliphatic rings. The third kappa shape index (κ3) is 3.97. The van der Waals surface area contributed by atoms with E-state index in [-0.39, 0.29) is 5.56 Å². The first-order valence-corrected chi connectivity index (χ1v) is 9.78. The van der Waals surface area contributed by atoms with Gasteiger partial charge < -0.3 is 15.6 Å². The van der Waals surface area contributed by atoms with E-state index < -0.39 is 5.91 Å². The Morgan fingerprint density at radius 3 is 2.72 bits per heavy atom. The number of hydrogen-bond acceptors (Lipinski definition) is 6. The summed E-state index contributed by atoms with van der Waals surface area (Å²) in [4.78, 5) is 39.8. The molecule has 0 aromatic carbocycles. The Morgan fingerprint density at radius 1 is 1.21 bits per heavy atom. The Morgan fingerprint density at radius 2 is 2.00 bits per heavy atom. The quantitative estimate of drug-likeness (QED) is 0.678. The van der Waals surface area contributed by atoms with Crippen LogP contribution in [0.15, 0.2) is 41.5 Å². The zero-order valence-corrected chi connectivity index (χ0v) is 16.4. The van der Waals surface area contributed by atoms with Gasteiger partial charge in [0.25, 0.3) is 11.5 Å². The smallest absolute Gasteiger partial charge is 0.269 e. The maximum absolute atomic E-state index is 12.1. The van der Waals surface area contributed by atoms with Crippen molar-refractivity contribution < 1.29 is 4.79 Å². The second kappa shape index (κ2) is 8.00. The lowest BCUT2D eigenvalue weighted by molar-refractivity contribution is 0.0996. The van der Waals surface area contributed by atoms with E-state index in [0.29, 0.717) is 12.1 Å². The summed E-state index contributed by atoms with van der Waals surface area (Å²) >= 11 is 0. The first kappa shape index (κ1) is 19.1. The van der Waals surface area contributed by atoms with E-state index in [9.17, 15) is 9.59 Å². The number of carbonyl (C=O) groups is 1. The Bertz CT molecular complexity index is 1100. The summed E-state index contributed by atoms with van der Waals surface area (Å²) in [5, 5.41) is 0. The van der Waals surface area contributed by atoms with Crippen LogP contribution in [0, 0.1) is 0 Å². The summed E-state index contributed by atoms with van der Waals surface area (Å²) in [6.45, 7) is 5.96. The van der Waals surface area contributed by atoms with E-state index in [1.807, 2.05) is 37.4 Å². The van der Waals surface area contributed by atoms with Gasteiger partial charge in [0, 0.05) is 50.7 Å². The number of anilines is 1. The Hall–Kier alpha value is -3.26. The molecule has 0 bridgehead atoms. The lowest BCUT2D eigenvalue weighted by Gasteiger charge is -2.36. The van der Waals surface area contributed by atoms with Crippen LogP contribution in [-0.4, -0.2) is 51.9 Å². The molecule has 3 aromatic heterocycles.